The number of imidazole rings is 1. The largest absolute Gasteiger partial charge is 0.497 e. The van der Waals surface area contributed by atoms with Gasteiger partial charge < -0.3 is 9.47 Å². The molecule has 1 aromatic heterocycles. The summed E-state index contributed by atoms with van der Waals surface area (Å²) < 4.78 is 12.7. The number of rotatable bonds is 7. The predicted molar refractivity (Wildman–Crippen MR) is 126 cm³/mol. The third-order valence-electron chi connectivity index (χ3n) is 6.10. The molecule has 5 rings (SSSR count). The van der Waals surface area contributed by atoms with Crippen LogP contribution in [-0.2, 0) is 13.0 Å². The highest BCUT2D eigenvalue weighted by atomic mass is 16.5. The molecule has 0 radical (unpaired) electrons. The van der Waals surface area contributed by atoms with Crippen molar-refractivity contribution in [2.45, 2.75) is 25.9 Å². The van der Waals surface area contributed by atoms with Crippen molar-refractivity contribution in [1.29, 1.82) is 0 Å². The van der Waals surface area contributed by atoms with Crippen LogP contribution in [0.3, 0.4) is 0 Å². The minimum atomic E-state index is -0.104. The zero-order valence-corrected chi connectivity index (χ0v) is 19.1. The fourth-order valence-corrected chi connectivity index (χ4v) is 4.50. The van der Waals surface area contributed by atoms with Crippen molar-refractivity contribution >= 4 is 17.7 Å². The molecule has 0 bridgehead atoms. The second kappa shape index (κ2) is 8.61. The first-order chi connectivity index (χ1) is 16.1. The normalized spacial score (nSPS) is 17.0. The van der Waals surface area contributed by atoms with Gasteiger partial charge in [0.2, 0.25) is 5.96 Å². The standard InChI is InChI=1S/C25H27N5O3/c1-4-28-23(31)21-22(30-16-19(26-24(28)30)14-17-8-6-5-7-9-17)27-25(33-3)29(21)15-18-10-12-20(32-2)13-11-18/h5-13,19H,4,14-16H2,1-3H3/t19-/m1/s1. The molecule has 3 heterocycles. The van der Waals surface area contributed by atoms with Gasteiger partial charge in [-0.15, -0.1) is 0 Å². The quantitative estimate of drug-likeness (QED) is 0.559. The van der Waals surface area contributed by atoms with E-state index in [1.807, 2.05) is 54.0 Å². The van der Waals surface area contributed by atoms with Gasteiger partial charge in [-0.1, -0.05) is 42.5 Å². The van der Waals surface area contributed by atoms with Crippen LogP contribution in [-0.4, -0.2) is 59.7 Å². The van der Waals surface area contributed by atoms with Crippen molar-refractivity contribution in [3.63, 3.8) is 0 Å². The Hall–Kier alpha value is -3.81. The number of carbonyl (C=O) groups is 1. The van der Waals surface area contributed by atoms with E-state index in [0.29, 0.717) is 43.1 Å². The molecular formula is C25H27N5O3. The van der Waals surface area contributed by atoms with E-state index in [1.54, 1.807) is 19.1 Å². The molecule has 170 valence electrons. The number of benzene rings is 2. The predicted octanol–water partition coefficient (Wildman–Crippen LogP) is 3.21. The Balaban J connectivity index is 1.50. The van der Waals surface area contributed by atoms with Crippen molar-refractivity contribution in [3.8, 4) is 11.8 Å². The number of methoxy groups -OCH3 is 2. The molecule has 33 heavy (non-hydrogen) atoms. The molecule has 0 saturated carbocycles. The maximum Gasteiger partial charge on any atom is 0.299 e. The maximum absolute atomic E-state index is 13.6. The number of guanidine groups is 1. The minimum Gasteiger partial charge on any atom is -0.497 e. The fraction of sp³-hybridized carbons (Fsp3) is 0.320. The first kappa shape index (κ1) is 21.1. The molecule has 2 aliphatic rings. The summed E-state index contributed by atoms with van der Waals surface area (Å²) in [5.74, 6) is 1.97. The molecule has 0 N–H and O–H groups in total. The van der Waals surface area contributed by atoms with E-state index < -0.39 is 0 Å². The van der Waals surface area contributed by atoms with Gasteiger partial charge in [-0.3, -0.25) is 19.2 Å². The summed E-state index contributed by atoms with van der Waals surface area (Å²) in [6.07, 6.45) is 0.811. The van der Waals surface area contributed by atoms with E-state index in [9.17, 15) is 4.79 Å². The maximum atomic E-state index is 13.6. The average Bonchev–Trinajstić information content (AvgIpc) is 3.42. The summed E-state index contributed by atoms with van der Waals surface area (Å²) in [5, 5.41) is 0. The van der Waals surface area contributed by atoms with Gasteiger partial charge in [0.05, 0.1) is 33.4 Å². The number of hydrogen-bond donors (Lipinski definition) is 0. The zero-order chi connectivity index (χ0) is 22.9. The smallest absolute Gasteiger partial charge is 0.299 e. The van der Waals surface area contributed by atoms with Crippen molar-refractivity contribution in [1.82, 2.24) is 14.5 Å². The molecule has 0 saturated heterocycles. The van der Waals surface area contributed by atoms with E-state index in [2.05, 4.69) is 17.0 Å². The number of aromatic nitrogens is 2. The van der Waals surface area contributed by atoms with Gasteiger partial charge in [0.15, 0.2) is 11.5 Å². The van der Waals surface area contributed by atoms with Crippen LogP contribution in [0.15, 0.2) is 59.6 Å². The molecule has 8 heteroatoms. The molecule has 1 atom stereocenters. The lowest BCUT2D eigenvalue weighted by Crippen LogP contribution is -2.50. The topological polar surface area (TPSA) is 72.2 Å². The first-order valence-electron chi connectivity index (χ1n) is 11.1. The highest BCUT2D eigenvalue weighted by Crippen LogP contribution is 2.35. The Morgan fingerprint density at radius 2 is 1.76 bits per heavy atom. The van der Waals surface area contributed by atoms with Crippen molar-refractivity contribution in [3.05, 3.63) is 71.4 Å². The van der Waals surface area contributed by atoms with Gasteiger partial charge in [0.1, 0.15) is 5.75 Å². The summed E-state index contributed by atoms with van der Waals surface area (Å²) in [4.78, 5) is 27.0. The fourth-order valence-electron chi connectivity index (χ4n) is 4.50. The second-order valence-corrected chi connectivity index (χ2v) is 8.14. The van der Waals surface area contributed by atoms with Gasteiger partial charge in [0, 0.05) is 6.54 Å². The van der Waals surface area contributed by atoms with E-state index in [0.717, 1.165) is 17.7 Å². The van der Waals surface area contributed by atoms with E-state index in [1.165, 1.54) is 5.56 Å². The molecular weight excluding hydrogens is 418 g/mol. The third kappa shape index (κ3) is 3.71. The van der Waals surface area contributed by atoms with Crippen LogP contribution in [0.1, 0.15) is 28.5 Å². The lowest BCUT2D eigenvalue weighted by molar-refractivity contribution is 0.0835. The summed E-state index contributed by atoms with van der Waals surface area (Å²) in [6.45, 7) is 3.63. The summed E-state index contributed by atoms with van der Waals surface area (Å²) in [5.41, 5.74) is 2.78. The molecule has 3 aromatic rings. The molecule has 1 amide bonds. The highest BCUT2D eigenvalue weighted by molar-refractivity contribution is 6.18. The molecule has 0 aliphatic carbocycles. The second-order valence-electron chi connectivity index (χ2n) is 8.14. The molecule has 0 fully saturated rings. The number of amides is 1. The number of anilines is 1. The monoisotopic (exact) mass is 445 g/mol. The summed E-state index contributed by atoms with van der Waals surface area (Å²) >= 11 is 0. The number of ether oxygens (including phenoxy) is 2. The molecule has 0 spiro atoms. The van der Waals surface area contributed by atoms with Crippen LogP contribution in [0, 0.1) is 0 Å². The number of nitrogens with zero attached hydrogens (tertiary/aromatic N) is 5. The number of hydrogen-bond acceptors (Lipinski definition) is 6. The van der Waals surface area contributed by atoms with Crippen LogP contribution in [0.4, 0.5) is 5.82 Å². The molecule has 2 aromatic carbocycles. The summed E-state index contributed by atoms with van der Waals surface area (Å²) in [7, 11) is 3.22. The summed E-state index contributed by atoms with van der Waals surface area (Å²) in [6, 6.07) is 18.5. The molecule has 0 unspecified atom stereocenters. The average molecular weight is 446 g/mol. The third-order valence-corrected chi connectivity index (χ3v) is 6.10. The van der Waals surface area contributed by atoms with Crippen LogP contribution in [0.25, 0.3) is 0 Å². The van der Waals surface area contributed by atoms with Gasteiger partial charge in [-0.25, -0.2) is 4.99 Å². The molecule has 8 nitrogen and oxygen atoms in total. The van der Waals surface area contributed by atoms with E-state index >= 15 is 0 Å². The van der Waals surface area contributed by atoms with Crippen LogP contribution in [0.5, 0.6) is 11.8 Å². The van der Waals surface area contributed by atoms with Crippen molar-refractivity contribution < 1.29 is 14.3 Å². The highest BCUT2D eigenvalue weighted by Gasteiger charge is 2.43. The number of carbonyl (C=O) groups excluding carboxylic acids is 1. The lowest BCUT2D eigenvalue weighted by Gasteiger charge is -2.32. The van der Waals surface area contributed by atoms with Crippen molar-refractivity contribution in [2.75, 3.05) is 32.2 Å². The Bertz CT molecular complexity index is 1190. The molecule has 2 aliphatic heterocycles. The van der Waals surface area contributed by atoms with Gasteiger partial charge in [0.25, 0.3) is 11.9 Å². The van der Waals surface area contributed by atoms with Crippen LogP contribution >= 0.6 is 0 Å². The Morgan fingerprint density at radius 3 is 2.42 bits per heavy atom. The van der Waals surface area contributed by atoms with E-state index in [4.69, 9.17) is 19.5 Å². The lowest BCUT2D eigenvalue weighted by atomic mass is 10.1. The van der Waals surface area contributed by atoms with Crippen LogP contribution < -0.4 is 14.4 Å². The Labute approximate surface area is 193 Å². The van der Waals surface area contributed by atoms with E-state index in [-0.39, 0.29) is 11.9 Å². The van der Waals surface area contributed by atoms with Crippen LogP contribution in [0.2, 0.25) is 0 Å². The Kier molecular flexibility index (Phi) is 5.50. The number of aliphatic imine (C=N–C) groups is 1. The van der Waals surface area contributed by atoms with Gasteiger partial charge in [-0.2, -0.15) is 4.98 Å². The minimum absolute atomic E-state index is 0.0490. The SMILES string of the molecule is CCN1C(=O)c2c(nc(OC)n2Cc2ccc(OC)cc2)N2C[C@@H](Cc3ccccc3)N=C12. The Morgan fingerprint density at radius 1 is 1.00 bits per heavy atom. The van der Waals surface area contributed by atoms with Gasteiger partial charge >= 0.3 is 0 Å². The first-order valence-corrected chi connectivity index (χ1v) is 11.1. The zero-order valence-electron chi connectivity index (χ0n) is 19.1. The van der Waals surface area contributed by atoms with Crippen molar-refractivity contribution in [2.24, 2.45) is 4.99 Å². The van der Waals surface area contributed by atoms with Gasteiger partial charge in [-0.05, 0) is 36.6 Å². The number of fused-ring (bicyclic) bond motifs is 3.